The Morgan fingerprint density at radius 2 is 1.76 bits per heavy atom. The van der Waals surface area contributed by atoms with Gasteiger partial charge in [0.15, 0.2) is 5.82 Å². The average Bonchev–Trinajstić information content (AvgIpc) is 2.83. The van der Waals surface area contributed by atoms with E-state index in [0.717, 1.165) is 12.3 Å². The summed E-state index contributed by atoms with van der Waals surface area (Å²) in [7, 11) is 0. The predicted molar refractivity (Wildman–Crippen MR) is 135 cm³/mol. The van der Waals surface area contributed by atoms with Crippen molar-refractivity contribution in [2.75, 3.05) is 11.1 Å². The zero-order valence-corrected chi connectivity index (χ0v) is 21.4. The lowest BCUT2D eigenvalue weighted by Crippen LogP contribution is -2.35. The highest BCUT2D eigenvalue weighted by atomic mass is 19.4. The van der Waals surface area contributed by atoms with Crippen LogP contribution in [0.15, 0.2) is 46.4 Å². The fourth-order valence-electron chi connectivity index (χ4n) is 4.29. The number of nitrogens with zero attached hydrogens (tertiary/aromatic N) is 4. The number of aromatic nitrogens is 5. The molecule has 218 valence electrons. The fraction of sp³-hybridized carbons (Fsp3) is 0.320. The number of anilines is 2. The molecule has 9 nitrogen and oxygen atoms in total. The van der Waals surface area contributed by atoms with Crippen LogP contribution in [0.25, 0.3) is 22.2 Å². The number of alkyl halides is 6. The summed E-state index contributed by atoms with van der Waals surface area (Å²) in [6.45, 7) is 3.36. The molecule has 41 heavy (non-hydrogen) atoms. The van der Waals surface area contributed by atoms with Crippen molar-refractivity contribution in [2.45, 2.75) is 51.1 Å². The van der Waals surface area contributed by atoms with Gasteiger partial charge in [-0.05, 0) is 50.3 Å². The monoisotopic (exact) mass is 585 g/mol. The summed E-state index contributed by atoms with van der Waals surface area (Å²) in [5.41, 5.74) is -0.920. The fourth-order valence-corrected chi connectivity index (χ4v) is 4.29. The van der Waals surface area contributed by atoms with Crippen molar-refractivity contribution in [3.05, 3.63) is 74.4 Å². The standard InChI is InChI=1S/C25H22F7N7O2/c1-23(2,37-17-11-35-38-21(40)18(17)25(30,31)32)5-3-6-39-7-4-12-8-14(16(26)9-13(12)22(39)41)20-34-10-15(19(33)36-20)24(27,28)29/h4,7-11H,3,5-6H2,1-2H3,(H2,33,34,36)(H2,37,38,40). The van der Waals surface area contributed by atoms with E-state index in [1.54, 1.807) is 18.9 Å². The number of halogens is 7. The number of hydrogen-bond donors (Lipinski definition) is 3. The molecule has 0 radical (unpaired) electrons. The number of hydrogen-bond acceptors (Lipinski definition) is 7. The molecule has 1 aromatic carbocycles. The summed E-state index contributed by atoms with van der Waals surface area (Å²) in [5, 5.41) is 8.13. The molecule has 0 fully saturated rings. The molecule has 0 aliphatic heterocycles. The molecule has 0 atom stereocenters. The molecule has 0 aliphatic carbocycles. The first-order valence-corrected chi connectivity index (χ1v) is 11.9. The third-order valence-corrected chi connectivity index (χ3v) is 6.24. The number of fused-ring (bicyclic) bond motifs is 1. The van der Waals surface area contributed by atoms with E-state index in [1.165, 1.54) is 22.9 Å². The van der Waals surface area contributed by atoms with Crippen molar-refractivity contribution < 1.29 is 30.7 Å². The molecule has 0 amide bonds. The zero-order chi connectivity index (χ0) is 30.3. The number of rotatable bonds is 7. The van der Waals surface area contributed by atoms with Crippen molar-refractivity contribution in [3.63, 3.8) is 0 Å². The van der Waals surface area contributed by atoms with Crippen LogP contribution in [0.4, 0.5) is 42.2 Å². The Labute approximate surface area is 226 Å². The van der Waals surface area contributed by atoms with Crippen molar-refractivity contribution in [2.24, 2.45) is 0 Å². The highest BCUT2D eigenvalue weighted by molar-refractivity contribution is 5.86. The Hall–Kier alpha value is -4.50. The lowest BCUT2D eigenvalue weighted by Gasteiger charge is -2.28. The number of H-pyrrole nitrogens is 1. The Morgan fingerprint density at radius 1 is 1.05 bits per heavy atom. The highest BCUT2D eigenvalue weighted by Crippen LogP contribution is 2.35. The van der Waals surface area contributed by atoms with Crippen LogP contribution >= 0.6 is 0 Å². The van der Waals surface area contributed by atoms with Crippen LogP contribution in [0.3, 0.4) is 0 Å². The van der Waals surface area contributed by atoms with Crippen molar-refractivity contribution in [1.82, 2.24) is 24.7 Å². The number of pyridine rings is 1. The van der Waals surface area contributed by atoms with Gasteiger partial charge >= 0.3 is 12.4 Å². The Kier molecular flexibility index (Phi) is 7.54. The van der Waals surface area contributed by atoms with Crippen LogP contribution in [-0.4, -0.2) is 30.3 Å². The topological polar surface area (TPSA) is 132 Å². The Balaban J connectivity index is 1.53. The summed E-state index contributed by atoms with van der Waals surface area (Å²) in [4.78, 5) is 31.9. The second kappa shape index (κ2) is 10.5. The third-order valence-electron chi connectivity index (χ3n) is 6.24. The molecule has 0 unspecified atom stereocenters. The van der Waals surface area contributed by atoms with Crippen molar-refractivity contribution in [1.29, 1.82) is 0 Å². The molecule has 0 spiro atoms. The van der Waals surface area contributed by atoms with Crippen LogP contribution in [-0.2, 0) is 18.9 Å². The third kappa shape index (κ3) is 6.30. The summed E-state index contributed by atoms with van der Waals surface area (Å²) >= 11 is 0. The van der Waals surface area contributed by atoms with Gasteiger partial charge in [0.1, 0.15) is 22.8 Å². The van der Waals surface area contributed by atoms with Crippen LogP contribution in [0.2, 0.25) is 0 Å². The quantitative estimate of drug-likeness (QED) is 0.261. The second-order valence-electron chi connectivity index (χ2n) is 9.82. The van der Waals surface area contributed by atoms with Gasteiger partial charge in [0, 0.05) is 24.5 Å². The van der Waals surface area contributed by atoms with E-state index < -0.39 is 63.3 Å². The summed E-state index contributed by atoms with van der Waals surface area (Å²) in [6, 6.07) is 3.64. The Bertz CT molecular complexity index is 1730. The molecule has 0 saturated heterocycles. The van der Waals surface area contributed by atoms with E-state index in [9.17, 15) is 40.3 Å². The van der Waals surface area contributed by atoms with E-state index in [4.69, 9.17) is 5.73 Å². The molecule has 0 bridgehead atoms. The average molecular weight is 585 g/mol. The first-order valence-electron chi connectivity index (χ1n) is 11.9. The van der Waals surface area contributed by atoms with E-state index in [0.29, 0.717) is 12.6 Å². The smallest absolute Gasteiger partial charge is 0.383 e. The predicted octanol–water partition coefficient (Wildman–Crippen LogP) is 4.97. The number of aromatic amines is 1. The molecule has 3 aromatic heterocycles. The number of aryl methyl sites for hydroxylation is 1. The van der Waals surface area contributed by atoms with Crippen LogP contribution in [0, 0.1) is 5.82 Å². The minimum Gasteiger partial charge on any atom is -0.383 e. The van der Waals surface area contributed by atoms with E-state index >= 15 is 0 Å². The first kappa shape index (κ1) is 29.5. The van der Waals surface area contributed by atoms with E-state index in [2.05, 4.69) is 20.4 Å². The van der Waals surface area contributed by atoms with E-state index in [-0.39, 0.29) is 29.3 Å². The SMILES string of the molecule is CC(C)(CCCn1ccc2cc(-c3ncc(C(F)(F)F)c(N)n3)c(F)cc2c1=O)Nc1cn[nH]c(=O)c1C(F)(F)F. The second-order valence-corrected chi connectivity index (χ2v) is 9.82. The molecular weight excluding hydrogens is 563 g/mol. The molecule has 0 saturated carbocycles. The highest BCUT2D eigenvalue weighted by Gasteiger charge is 2.38. The van der Waals surface area contributed by atoms with Gasteiger partial charge in [-0.2, -0.15) is 31.4 Å². The largest absolute Gasteiger partial charge is 0.423 e. The minimum absolute atomic E-state index is 0.0181. The van der Waals surface area contributed by atoms with Gasteiger partial charge in [-0.3, -0.25) is 9.59 Å². The maximum Gasteiger partial charge on any atom is 0.423 e. The van der Waals surface area contributed by atoms with Gasteiger partial charge in [0.2, 0.25) is 0 Å². The summed E-state index contributed by atoms with van der Waals surface area (Å²) < 4.78 is 95.1. The first-order chi connectivity index (χ1) is 19.0. The Morgan fingerprint density at radius 3 is 2.39 bits per heavy atom. The maximum absolute atomic E-state index is 14.9. The normalized spacial score (nSPS) is 12.6. The van der Waals surface area contributed by atoms with Gasteiger partial charge in [0.05, 0.1) is 22.8 Å². The molecule has 4 aromatic rings. The molecule has 16 heteroatoms. The molecule has 4 rings (SSSR count). The van der Waals surface area contributed by atoms with Crippen molar-refractivity contribution in [3.8, 4) is 11.4 Å². The molecule has 4 N–H and O–H groups in total. The summed E-state index contributed by atoms with van der Waals surface area (Å²) in [6.07, 6.45) is -6.38. The lowest BCUT2D eigenvalue weighted by molar-refractivity contribution is -0.138. The van der Waals surface area contributed by atoms with Gasteiger partial charge in [-0.1, -0.05) is 0 Å². The number of benzene rings is 1. The number of nitrogens with one attached hydrogen (secondary N) is 2. The minimum atomic E-state index is -4.91. The van der Waals surface area contributed by atoms with Gasteiger partial charge in [-0.25, -0.2) is 19.5 Å². The zero-order valence-electron chi connectivity index (χ0n) is 21.4. The molecular formula is C25H22F7N7O2. The van der Waals surface area contributed by atoms with Gasteiger partial charge < -0.3 is 15.6 Å². The maximum atomic E-state index is 14.9. The van der Waals surface area contributed by atoms with Gasteiger partial charge in [-0.15, -0.1) is 0 Å². The number of nitrogens with two attached hydrogens (primary N) is 1. The van der Waals surface area contributed by atoms with Crippen LogP contribution in [0.5, 0.6) is 0 Å². The number of nitrogen functional groups attached to an aromatic ring is 1. The van der Waals surface area contributed by atoms with Crippen molar-refractivity contribution >= 4 is 22.3 Å². The van der Waals surface area contributed by atoms with Crippen LogP contribution < -0.4 is 22.2 Å². The van der Waals surface area contributed by atoms with Gasteiger partial charge in [0.25, 0.3) is 11.1 Å². The van der Waals surface area contributed by atoms with E-state index in [1.807, 2.05) is 0 Å². The van der Waals surface area contributed by atoms with Crippen LogP contribution in [0.1, 0.15) is 37.8 Å². The summed E-state index contributed by atoms with van der Waals surface area (Å²) in [5.74, 6) is -2.22. The lowest BCUT2D eigenvalue weighted by atomic mass is 9.97. The molecule has 0 aliphatic rings. The molecule has 3 heterocycles.